The molecule has 3 aliphatic carbocycles. The molecule has 4 amide bonds. The molecule has 0 bridgehead atoms. The second kappa shape index (κ2) is 16.2. The van der Waals surface area contributed by atoms with Gasteiger partial charge in [-0.15, -0.1) is 0 Å². The van der Waals surface area contributed by atoms with Gasteiger partial charge in [-0.2, -0.15) is 18.4 Å². The Balaban J connectivity index is 0.809. The van der Waals surface area contributed by atoms with Gasteiger partial charge in [-0.25, -0.2) is 4.98 Å². The van der Waals surface area contributed by atoms with E-state index in [2.05, 4.69) is 32.8 Å². The van der Waals surface area contributed by atoms with Gasteiger partial charge in [0, 0.05) is 49.5 Å². The molecule has 3 aliphatic heterocycles. The lowest BCUT2D eigenvalue weighted by Gasteiger charge is -2.43. The highest BCUT2D eigenvalue weighted by molar-refractivity contribution is 7.81. The van der Waals surface area contributed by atoms with E-state index in [-0.39, 0.29) is 40.4 Å². The van der Waals surface area contributed by atoms with Crippen LogP contribution in [0, 0.1) is 40.4 Å². The van der Waals surface area contributed by atoms with Crippen molar-refractivity contribution in [1.29, 1.82) is 5.26 Å². The number of benzene rings is 2. The van der Waals surface area contributed by atoms with Crippen LogP contribution in [0.4, 0.5) is 35.9 Å². The number of likely N-dealkylation sites (tertiary alicyclic amines) is 1. The summed E-state index contributed by atoms with van der Waals surface area (Å²) in [6.07, 6.45) is 1.91. The minimum absolute atomic E-state index is 0.00135. The smallest absolute Gasteiger partial charge is 0.419 e. The monoisotopic (exact) mass is 882 g/mol. The zero-order chi connectivity index (χ0) is 44.4. The number of carbonyl (C=O) groups excluding carboxylic acids is 4. The molecule has 6 aliphatic rings. The van der Waals surface area contributed by atoms with E-state index in [1.807, 2.05) is 49.4 Å². The first kappa shape index (κ1) is 42.7. The second-order valence-corrected chi connectivity index (χ2v) is 18.5. The minimum atomic E-state index is -4.84. The van der Waals surface area contributed by atoms with Crippen molar-refractivity contribution >= 4 is 63.7 Å². The summed E-state index contributed by atoms with van der Waals surface area (Å²) in [7, 11) is 0. The predicted molar refractivity (Wildman–Crippen MR) is 232 cm³/mol. The standard InChI is InChI=1S/C46H49F3N8O5S/c1-3-27-18-31(57-43(63)56(42(61)45(57)13-5-14-45)32-20-33(46(47,48)49)35(22-50)51-23-32)8-10-36(27)62-17-16-55-24-26(2)39-40-28(25-55)12-15-44(39,40)21-38(59)53-30-7-4-6-29(19-30)52-34-9-11-37(58)54-41(34)60/h4,6-8,10,18-20,23,26,28,34,39-40,52H,3,5,9,11-17,21,24-25H2,1-2H3,(H,53,59)(H,54,58,60)/t26?,28?,34?,39?,40?,44-/m1/s1. The third kappa shape index (κ3) is 7.58. The summed E-state index contributed by atoms with van der Waals surface area (Å²) in [5.74, 6) is 1.58. The molecule has 17 heteroatoms. The summed E-state index contributed by atoms with van der Waals surface area (Å²) in [5.41, 5.74) is -0.193. The number of hydrogen-bond donors (Lipinski definition) is 3. The average Bonchev–Trinajstić information content (AvgIpc) is 3.68. The van der Waals surface area contributed by atoms with Crippen molar-refractivity contribution in [1.82, 2.24) is 15.2 Å². The quantitative estimate of drug-likeness (QED) is 0.130. The number of halogens is 3. The number of hydrogen-bond acceptors (Lipinski definition) is 10. The molecule has 1 aromatic heterocycles. The molecule has 0 radical (unpaired) electrons. The summed E-state index contributed by atoms with van der Waals surface area (Å²) in [5, 5.41) is 18.0. The molecule has 9 rings (SSSR count). The number of nitriles is 1. The van der Waals surface area contributed by atoms with E-state index in [0.29, 0.717) is 79.4 Å². The Labute approximate surface area is 368 Å². The van der Waals surface area contributed by atoms with Gasteiger partial charge < -0.3 is 20.3 Å². The number of rotatable bonds is 12. The van der Waals surface area contributed by atoms with Crippen molar-refractivity contribution in [2.45, 2.75) is 89.4 Å². The SMILES string of the molecule is CCc1cc(N2C(=S)N(c3cnc(C#N)c(C(F)(F)F)c3)C(=O)C23CCC3)ccc1OCCN1CC(C)C2C3C(CC[C@@]23CC(=O)Nc2cccc(NC3CCC(=O)NC3=O)c2)C1. The summed E-state index contributed by atoms with van der Waals surface area (Å²) < 4.78 is 48.0. The van der Waals surface area contributed by atoms with Gasteiger partial charge in [0.15, 0.2) is 10.8 Å². The second-order valence-electron chi connectivity index (χ2n) is 18.1. The van der Waals surface area contributed by atoms with E-state index < -0.39 is 34.9 Å². The number of piperidine rings is 1. The number of amides is 4. The maximum atomic E-state index is 14.0. The summed E-state index contributed by atoms with van der Waals surface area (Å²) in [6.45, 7) is 7.38. The normalized spacial score (nSPS) is 27.3. The van der Waals surface area contributed by atoms with E-state index in [1.54, 1.807) is 4.90 Å². The number of aromatic nitrogens is 1. The fourth-order valence-corrected chi connectivity index (χ4v) is 12.0. The maximum absolute atomic E-state index is 14.0. The molecule has 6 atom stereocenters. The van der Waals surface area contributed by atoms with E-state index >= 15 is 0 Å². The molecule has 3 saturated heterocycles. The molecule has 63 heavy (non-hydrogen) atoms. The van der Waals surface area contributed by atoms with Crippen molar-refractivity contribution in [2.24, 2.45) is 29.1 Å². The van der Waals surface area contributed by atoms with Gasteiger partial charge in [0.2, 0.25) is 17.7 Å². The van der Waals surface area contributed by atoms with E-state index in [9.17, 15) is 37.6 Å². The molecular weight excluding hydrogens is 834 g/mol. The number of carbonyl (C=O) groups is 4. The van der Waals surface area contributed by atoms with Crippen molar-refractivity contribution in [3.05, 3.63) is 71.5 Å². The van der Waals surface area contributed by atoms with Gasteiger partial charge in [-0.1, -0.05) is 19.9 Å². The van der Waals surface area contributed by atoms with Crippen molar-refractivity contribution in [3.63, 3.8) is 0 Å². The average molecular weight is 883 g/mol. The van der Waals surface area contributed by atoms with E-state index in [0.717, 1.165) is 67.4 Å². The number of alkyl halides is 3. The van der Waals surface area contributed by atoms with E-state index in [4.69, 9.17) is 17.0 Å². The van der Waals surface area contributed by atoms with Crippen LogP contribution in [0.1, 0.15) is 82.0 Å². The van der Waals surface area contributed by atoms with Crippen LogP contribution in [0.25, 0.3) is 0 Å². The number of anilines is 4. The first-order chi connectivity index (χ1) is 30.2. The number of nitrogens with zero attached hydrogens (tertiary/aromatic N) is 5. The first-order valence-corrected chi connectivity index (χ1v) is 22.2. The van der Waals surface area contributed by atoms with Crippen molar-refractivity contribution in [2.75, 3.05) is 46.7 Å². The third-order valence-electron chi connectivity index (χ3n) is 14.4. The highest BCUT2D eigenvalue weighted by atomic mass is 32.1. The zero-order valence-electron chi connectivity index (χ0n) is 35.1. The lowest BCUT2D eigenvalue weighted by molar-refractivity contribution is -0.138. The van der Waals surface area contributed by atoms with Crippen LogP contribution < -0.4 is 30.5 Å². The molecule has 6 fully saturated rings. The number of ether oxygens (including phenoxy) is 1. The zero-order valence-corrected chi connectivity index (χ0v) is 35.9. The van der Waals surface area contributed by atoms with Gasteiger partial charge in [0.05, 0.1) is 17.4 Å². The maximum Gasteiger partial charge on any atom is 0.419 e. The minimum Gasteiger partial charge on any atom is -0.492 e. The van der Waals surface area contributed by atoms with Crippen LogP contribution in [0.5, 0.6) is 5.75 Å². The molecule has 3 saturated carbocycles. The fourth-order valence-electron chi connectivity index (χ4n) is 11.6. The Bertz CT molecular complexity index is 2430. The van der Waals surface area contributed by atoms with Gasteiger partial charge in [-0.3, -0.25) is 34.3 Å². The van der Waals surface area contributed by atoms with Crippen LogP contribution >= 0.6 is 12.2 Å². The summed E-state index contributed by atoms with van der Waals surface area (Å²) >= 11 is 5.83. The fraction of sp³-hybridized carbons (Fsp3) is 0.500. The van der Waals surface area contributed by atoms with Crippen LogP contribution in [0.15, 0.2) is 54.7 Å². The van der Waals surface area contributed by atoms with Crippen LogP contribution in [0.2, 0.25) is 0 Å². The predicted octanol–water partition coefficient (Wildman–Crippen LogP) is 6.81. The molecule has 3 N–H and O–H groups in total. The molecule has 330 valence electrons. The summed E-state index contributed by atoms with van der Waals surface area (Å²) in [4.78, 5) is 60.5. The van der Waals surface area contributed by atoms with Gasteiger partial charge in [0.25, 0.3) is 5.91 Å². The summed E-state index contributed by atoms with van der Waals surface area (Å²) in [6, 6.07) is 14.8. The van der Waals surface area contributed by atoms with E-state index in [1.165, 1.54) is 6.07 Å². The molecule has 3 aromatic rings. The van der Waals surface area contributed by atoms with Crippen LogP contribution in [-0.4, -0.2) is 76.4 Å². The van der Waals surface area contributed by atoms with Gasteiger partial charge in [0.1, 0.15) is 30.0 Å². The number of fused-ring (bicyclic) bond motifs is 1. The highest BCUT2D eigenvalue weighted by Gasteiger charge is 2.72. The number of imide groups is 1. The van der Waals surface area contributed by atoms with Gasteiger partial charge in [-0.05, 0) is 134 Å². The molecule has 4 heterocycles. The number of thiocarbonyl (C=S) groups is 1. The number of aryl methyl sites for hydroxylation is 1. The third-order valence-corrected chi connectivity index (χ3v) is 14.8. The topological polar surface area (TPSA) is 160 Å². The Morgan fingerprint density at radius 3 is 2.56 bits per heavy atom. The first-order valence-electron chi connectivity index (χ1n) is 21.8. The Kier molecular flexibility index (Phi) is 11.0. The molecule has 5 unspecified atom stereocenters. The van der Waals surface area contributed by atoms with Crippen molar-refractivity contribution < 1.29 is 37.1 Å². The molecule has 13 nitrogen and oxygen atoms in total. The Hall–Kier alpha value is -5.60. The number of nitrogens with one attached hydrogen (secondary N) is 3. The molecule has 2 aromatic carbocycles. The molecule has 1 spiro atoms. The van der Waals surface area contributed by atoms with Crippen LogP contribution in [0.3, 0.4) is 0 Å². The lowest BCUT2D eigenvalue weighted by Crippen LogP contribution is -2.55. The number of pyridine rings is 1. The Morgan fingerprint density at radius 1 is 1.05 bits per heavy atom. The highest BCUT2D eigenvalue weighted by Crippen LogP contribution is 2.75. The lowest BCUT2D eigenvalue weighted by atomic mass is 9.75. The molecular formula is C46H49F3N8O5S. The van der Waals surface area contributed by atoms with Crippen molar-refractivity contribution in [3.8, 4) is 11.8 Å². The largest absolute Gasteiger partial charge is 0.492 e. The van der Waals surface area contributed by atoms with Crippen LogP contribution in [-0.2, 0) is 31.8 Å². The Morgan fingerprint density at radius 2 is 1.84 bits per heavy atom. The van der Waals surface area contributed by atoms with Gasteiger partial charge >= 0.3 is 6.18 Å².